The summed E-state index contributed by atoms with van der Waals surface area (Å²) in [5.74, 6) is -0.430. The van der Waals surface area contributed by atoms with Crippen LogP contribution in [0, 0.1) is 0 Å². The van der Waals surface area contributed by atoms with Gasteiger partial charge in [0.25, 0.3) is 11.8 Å². The molecule has 9 heteroatoms. The molecular formula is C25H27N3O6. The standard InChI is InChI=1S/C25H27N3O6/c1-26-7-9-34-18-6-5-16-13-28(14-17(16)10-18)25(32)21-11-20(22(29)12-23(21)30)24(31)27(2)15-19-4-3-8-33-19/h3-6,8,10-12,26,29-30H,7,9,13-15H2,1-2H3. The fraction of sp³-hybridized carbons (Fsp3) is 0.280. The molecule has 0 aliphatic carbocycles. The number of aromatic hydroxyl groups is 2. The first kappa shape index (κ1) is 23.2. The molecule has 0 unspecified atom stereocenters. The number of carbonyl (C=O) groups is 2. The number of carbonyl (C=O) groups excluding carboxylic acids is 2. The topological polar surface area (TPSA) is 115 Å². The second-order valence-electron chi connectivity index (χ2n) is 8.17. The maximum Gasteiger partial charge on any atom is 0.258 e. The number of rotatable bonds is 8. The molecule has 4 rings (SSSR count). The molecule has 34 heavy (non-hydrogen) atoms. The van der Waals surface area contributed by atoms with Gasteiger partial charge in [0.05, 0.1) is 23.9 Å². The molecule has 0 radical (unpaired) electrons. The molecule has 1 aliphatic rings. The molecule has 0 saturated heterocycles. The second-order valence-corrected chi connectivity index (χ2v) is 8.17. The van der Waals surface area contributed by atoms with Crippen molar-refractivity contribution < 1.29 is 29.0 Å². The number of nitrogens with zero attached hydrogens (tertiary/aromatic N) is 2. The third kappa shape index (κ3) is 4.84. The van der Waals surface area contributed by atoms with E-state index in [4.69, 9.17) is 9.15 Å². The zero-order valence-electron chi connectivity index (χ0n) is 19.1. The number of benzene rings is 2. The van der Waals surface area contributed by atoms with Crippen molar-refractivity contribution in [3.8, 4) is 17.2 Å². The molecule has 2 heterocycles. The quantitative estimate of drug-likeness (QED) is 0.438. The Hall–Kier alpha value is -3.98. The molecule has 2 aromatic carbocycles. The summed E-state index contributed by atoms with van der Waals surface area (Å²) >= 11 is 0. The first-order valence-electron chi connectivity index (χ1n) is 10.9. The summed E-state index contributed by atoms with van der Waals surface area (Å²) in [6, 6.07) is 11.4. The van der Waals surface area contributed by atoms with E-state index in [1.54, 1.807) is 24.1 Å². The molecule has 0 saturated carbocycles. The van der Waals surface area contributed by atoms with Crippen molar-refractivity contribution in [3.05, 3.63) is 76.7 Å². The Morgan fingerprint density at radius 3 is 2.59 bits per heavy atom. The number of phenolic OH excluding ortho intramolecular Hbond substituents is 2. The van der Waals surface area contributed by atoms with Crippen molar-refractivity contribution in [1.29, 1.82) is 0 Å². The molecule has 1 aromatic heterocycles. The van der Waals surface area contributed by atoms with Crippen LogP contribution in [-0.2, 0) is 19.6 Å². The molecule has 0 spiro atoms. The summed E-state index contributed by atoms with van der Waals surface area (Å²) in [4.78, 5) is 29.1. The Morgan fingerprint density at radius 1 is 1.09 bits per heavy atom. The van der Waals surface area contributed by atoms with Crippen LogP contribution in [0.5, 0.6) is 17.2 Å². The smallest absolute Gasteiger partial charge is 0.258 e. The van der Waals surface area contributed by atoms with Gasteiger partial charge in [-0.15, -0.1) is 0 Å². The normalized spacial score (nSPS) is 12.5. The third-order valence-electron chi connectivity index (χ3n) is 5.70. The Bertz CT molecular complexity index is 1190. The summed E-state index contributed by atoms with van der Waals surface area (Å²) in [6.07, 6.45) is 1.51. The number of hydrogen-bond donors (Lipinski definition) is 3. The molecule has 0 atom stereocenters. The largest absolute Gasteiger partial charge is 0.507 e. The van der Waals surface area contributed by atoms with Crippen molar-refractivity contribution >= 4 is 11.8 Å². The van der Waals surface area contributed by atoms with Crippen LogP contribution in [0.2, 0.25) is 0 Å². The van der Waals surface area contributed by atoms with Crippen LogP contribution in [0.15, 0.2) is 53.1 Å². The fourth-order valence-corrected chi connectivity index (χ4v) is 3.88. The highest BCUT2D eigenvalue weighted by Gasteiger charge is 2.29. The Morgan fingerprint density at radius 2 is 1.85 bits per heavy atom. The fourth-order valence-electron chi connectivity index (χ4n) is 3.88. The maximum atomic E-state index is 13.2. The zero-order chi connectivity index (χ0) is 24.2. The van der Waals surface area contributed by atoms with E-state index >= 15 is 0 Å². The second kappa shape index (κ2) is 9.88. The van der Waals surface area contributed by atoms with Gasteiger partial charge in [-0.1, -0.05) is 6.07 Å². The Balaban J connectivity index is 1.51. The SMILES string of the molecule is CNCCOc1ccc2c(c1)CN(C(=O)c1cc(C(=O)N(C)Cc3ccco3)c(O)cc1O)C2. The molecule has 178 valence electrons. The molecular weight excluding hydrogens is 438 g/mol. The monoisotopic (exact) mass is 465 g/mol. The van der Waals surface area contributed by atoms with Gasteiger partial charge < -0.3 is 34.5 Å². The van der Waals surface area contributed by atoms with E-state index in [9.17, 15) is 19.8 Å². The van der Waals surface area contributed by atoms with Gasteiger partial charge in [-0.25, -0.2) is 0 Å². The minimum atomic E-state index is -0.504. The van der Waals surface area contributed by atoms with E-state index < -0.39 is 17.6 Å². The van der Waals surface area contributed by atoms with E-state index in [0.717, 1.165) is 29.5 Å². The first-order valence-corrected chi connectivity index (χ1v) is 10.9. The van der Waals surface area contributed by atoms with E-state index in [0.29, 0.717) is 25.5 Å². The summed E-state index contributed by atoms with van der Waals surface area (Å²) in [5, 5.41) is 23.7. The van der Waals surface area contributed by atoms with Gasteiger partial charge in [0.15, 0.2) is 0 Å². The number of phenols is 2. The summed E-state index contributed by atoms with van der Waals surface area (Å²) in [7, 11) is 3.41. The highest BCUT2D eigenvalue weighted by molar-refractivity contribution is 6.03. The molecule has 0 fully saturated rings. The van der Waals surface area contributed by atoms with Gasteiger partial charge >= 0.3 is 0 Å². The lowest BCUT2D eigenvalue weighted by atomic mass is 10.1. The number of amides is 2. The van der Waals surface area contributed by atoms with E-state index in [1.165, 1.54) is 17.2 Å². The van der Waals surface area contributed by atoms with Crippen LogP contribution in [0.4, 0.5) is 0 Å². The number of fused-ring (bicyclic) bond motifs is 1. The minimum Gasteiger partial charge on any atom is -0.507 e. The van der Waals surface area contributed by atoms with Gasteiger partial charge in [-0.2, -0.15) is 0 Å². The molecule has 1 aliphatic heterocycles. The van der Waals surface area contributed by atoms with Crippen LogP contribution in [0.25, 0.3) is 0 Å². The Kier molecular flexibility index (Phi) is 6.74. The van der Waals surface area contributed by atoms with Gasteiger partial charge in [-0.05, 0) is 48.5 Å². The first-order chi connectivity index (χ1) is 16.4. The lowest BCUT2D eigenvalue weighted by Gasteiger charge is -2.19. The van der Waals surface area contributed by atoms with Crippen molar-refractivity contribution in [1.82, 2.24) is 15.1 Å². The van der Waals surface area contributed by atoms with Crippen molar-refractivity contribution in [2.45, 2.75) is 19.6 Å². The predicted octanol–water partition coefficient (Wildman–Crippen LogP) is 2.72. The molecule has 2 amide bonds. The van der Waals surface area contributed by atoms with Gasteiger partial charge in [0.1, 0.15) is 29.6 Å². The van der Waals surface area contributed by atoms with E-state index in [-0.39, 0.29) is 23.4 Å². The average molecular weight is 466 g/mol. The van der Waals surface area contributed by atoms with Gasteiger partial charge in [0, 0.05) is 32.7 Å². The highest BCUT2D eigenvalue weighted by atomic mass is 16.5. The lowest BCUT2D eigenvalue weighted by molar-refractivity contribution is 0.0748. The van der Waals surface area contributed by atoms with Gasteiger partial charge in [-0.3, -0.25) is 9.59 Å². The van der Waals surface area contributed by atoms with Crippen molar-refractivity contribution in [2.24, 2.45) is 0 Å². The number of hydrogen-bond acceptors (Lipinski definition) is 7. The van der Waals surface area contributed by atoms with Crippen LogP contribution >= 0.6 is 0 Å². The lowest BCUT2D eigenvalue weighted by Crippen LogP contribution is -2.28. The zero-order valence-corrected chi connectivity index (χ0v) is 19.1. The highest BCUT2D eigenvalue weighted by Crippen LogP contribution is 2.33. The molecule has 3 N–H and O–H groups in total. The summed E-state index contributed by atoms with van der Waals surface area (Å²) < 4.78 is 11.0. The third-order valence-corrected chi connectivity index (χ3v) is 5.70. The number of nitrogens with one attached hydrogen (secondary N) is 1. The number of ether oxygens (including phenoxy) is 1. The molecule has 0 bridgehead atoms. The van der Waals surface area contributed by atoms with E-state index in [2.05, 4.69) is 5.32 Å². The van der Waals surface area contributed by atoms with Crippen LogP contribution in [0.3, 0.4) is 0 Å². The minimum absolute atomic E-state index is 0.0501. The summed E-state index contributed by atoms with van der Waals surface area (Å²) in [6.45, 7) is 2.16. The van der Waals surface area contributed by atoms with E-state index in [1.807, 2.05) is 25.2 Å². The predicted molar refractivity (Wildman–Crippen MR) is 124 cm³/mol. The Labute approximate surface area is 197 Å². The van der Waals surface area contributed by atoms with Crippen LogP contribution < -0.4 is 10.1 Å². The maximum absolute atomic E-state index is 13.2. The van der Waals surface area contributed by atoms with Crippen LogP contribution in [0.1, 0.15) is 37.6 Å². The molecule has 9 nitrogen and oxygen atoms in total. The molecule has 3 aromatic rings. The van der Waals surface area contributed by atoms with Gasteiger partial charge in [0.2, 0.25) is 0 Å². The van der Waals surface area contributed by atoms with Crippen molar-refractivity contribution in [2.75, 3.05) is 27.2 Å². The van der Waals surface area contributed by atoms with Crippen molar-refractivity contribution in [3.63, 3.8) is 0 Å². The van der Waals surface area contributed by atoms with Crippen LogP contribution in [-0.4, -0.2) is 59.1 Å². The summed E-state index contributed by atoms with van der Waals surface area (Å²) in [5.41, 5.74) is 1.82. The number of likely N-dealkylation sites (N-methyl/N-ethyl adjacent to an activating group) is 1. The average Bonchev–Trinajstić information content (AvgIpc) is 3.48. The number of furan rings is 1.